The zero-order valence-electron chi connectivity index (χ0n) is 8.06. The minimum absolute atomic E-state index is 0.636. The lowest BCUT2D eigenvalue weighted by atomic mass is 10.3. The van der Waals surface area contributed by atoms with E-state index in [9.17, 15) is 0 Å². The lowest BCUT2D eigenvalue weighted by molar-refractivity contribution is 0.851. The number of thioether (sulfide) groups is 1. The number of aliphatic imine (C=N–C) groups is 1. The van der Waals surface area contributed by atoms with Crippen molar-refractivity contribution < 1.29 is 0 Å². The first-order valence-corrected chi connectivity index (χ1v) is 6.49. The van der Waals surface area contributed by atoms with Gasteiger partial charge in [-0.15, -0.1) is 11.3 Å². The Bertz CT molecular complexity index is 308. The molecule has 0 aromatic carbocycles. The highest BCUT2D eigenvalue weighted by Crippen LogP contribution is 2.18. The molecule has 1 atom stereocenters. The third kappa shape index (κ3) is 2.72. The number of hydrogen-bond acceptors (Lipinski definition) is 5. The van der Waals surface area contributed by atoms with E-state index in [1.165, 1.54) is 5.69 Å². The van der Waals surface area contributed by atoms with E-state index >= 15 is 0 Å². The highest BCUT2D eigenvalue weighted by Gasteiger charge is 2.13. The molecule has 76 valence electrons. The van der Waals surface area contributed by atoms with Gasteiger partial charge in [-0.1, -0.05) is 18.7 Å². The zero-order valence-corrected chi connectivity index (χ0v) is 9.70. The van der Waals surface area contributed by atoms with Crippen LogP contribution in [0.5, 0.6) is 0 Å². The van der Waals surface area contributed by atoms with E-state index in [1.54, 1.807) is 11.3 Å². The summed E-state index contributed by atoms with van der Waals surface area (Å²) in [5.41, 5.74) is 3.04. The number of aromatic nitrogens is 1. The molecule has 0 bridgehead atoms. The van der Waals surface area contributed by atoms with Gasteiger partial charge in [-0.05, 0) is 0 Å². The van der Waals surface area contributed by atoms with Crippen LogP contribution >= 0.6 is 23.1 Å². The number of amidine groups is 1. The Kier molecular flexibility index (Phi) is 3.42. The van der Waals surface area contributed by atoms with Gasteiger partial charge in [0.25, 0.3) is 0 Å². The first-order chi connectivity index (χ1) is 6.84. The molecule has 1 aliphatic rings. The van der Waals surface area contributed by atoms with Crippen molar-refractivity contribution in [1.29, 1.82) is 0 Å². The van der Waals surface area contributed by atoms with Crippen LogP contribution < -0.4 is 5.32 Å². The monoisotopic (exact) mass is 227 g/mol. The Morgan fingerprint density at radius 3 is 3.21 bits per heavy atom. The average molecular weight is 227 g/mol. The fraction of sp³-hybridized carbons (Fsp3) is 0.556. The fourth-order valence-corrected chi connectivity index (χ4v) is 2.69. The molecule has 1 aromatic rings. The summed E-state index contributed by atoms with van der Waals surface area (Å²) in [5, 5.41) is 7.15. The SMILES string of the molecule is CC1CN=C(NCCc2cscn2)S1. The molecule has 0 spiro atoms. The van der Waals surface area contributed by atoms with Crippen molar-refractivity contribution in [3.63, 3.8) is 0 Å². The summed E-state index contributed by atoms with van der Waals surface area (Å²) in [6.07, 6.45) is 0.984. The van der Waals surface area contributed by atoms with Gasteiger partial charge in [0, 0.05) is 23.6 Å². The first-order valence-electron chi connectivity index (χ1n) is 4.66. The summed E-state index contributed by atoms with van der Waals surface area (Å²) in [6.45, 7) is 4.08. The molecule has 0 saturated carbocycles. The number of rotatable bonds is 3. The molecule has 3 nitrogen and oxygen atoms in total. The second-order valence-electron chi connectivity index (χ2n) is 3.23. The standard InChI is InChI=1S/C9H13N3S2/c1-7-4-11-9(14-7)10-3-2-8-5-13-6-12-8/h5-7H,2-4H2,1H3,(H,10,11). The average Bonchev–Trinajstić information content (AvgIpc) is 2.77. The van der Waals surface area contributed by atoms with Gasteiger partial charge in [0.2, 0.25) is 0 Å². The van der Waals surface area contributed by atoms with Crippen LogP contribution in [0.25, 0.3) is 0 Å². The highest BCUT2D eigenvalue weighted by molar-refractivity contribution is 8.14. The quantitative estimate of drug-likeness (QED) is 0.855. The van der Waals surface area contributed by atoms with Crippen molar-refractivity contribution in [1.82, 2.24) is 10.3 Å². The molecule has 2 heterocycles. The summed E-state index contributed by atoms with van der Waals surface area (Å²) in [4.78, 5) is 8.61. The van der Waals surface area contributed by atoms with Gasteiger partial charge in [0.15, 0.2) is 5.17 Å². The summed E-state index contributed by atoms with van der Waals surface area (Å²) < 4.78 is 0. The largest absolute Gasteiger partial charge is 0.365 e. The fourth-order valence-electron chi connectivity index (χ4n) is 1.23. The first kappa shape index (κ1) is 9.98. The highest BCUT2D eigenvalue weighted by atomic mass is 32.2. The molecule has 14 heavy (non-hydrogen) atoms. The predicted molar refractivity (Wildman–Crippen MR) is 63.2 cm³/mol. The van der Waals surface area contributed by atoms with Crippen LogP contribution in [-0.4, -0.2) is 28.5 Å². The maximum atomic E-state index is 4.39. The van der Waals surface area contributed by atoms with Crippen molar-refractivity contribution in [2.45, 2.75) is 18.6 Å². The number of thiazole rings is 1. The van der Waals surface area contributed by atoms with Crippen LogP contribution in [0.1, 0.15) is 12.6 Å². The van der Waals surface area contributed by atoms with Crippen LogP contribution in [0.2, 0.25) is 0 Å². The number of nitrogens with zero attached hydrogens (tertiary/aromatic N) is 2. The van der Waals surface area contributed by atoms with Crippen LogP contribution in [0.15, 0.2) is 15.9 Å². The maximum absolute atomic E-state index is 4.39. The van der Waals surface area contributed by atoms with E-state index < -0.39 is 0 Å². The van der Waals surface area contributed by atoms with Gasteiger partial charge in [-0.2, -0.15) is 0 Å². The van der Waals surface area contributed by atoms with Crippen molar-refractivity contribution in [2.24, 2.45) is 4.99 Å². The molecule has 1 aliphatic heterocycles. The normalized spacial score (nSPS) is 20.9. The Balaban J connectivity index is 1.69. The van der Waals surface area contributed by atoms with Gasteiger partial charge in [-0.3, -0.25) is 4.99 Å². The second-order valence-corrected chi connectivity index (χ2v) is 5.38. The summed E-state index contributed by atoms with van der Waals surface area (Å²) in [7, 11) is 0. The Morgan fingerprint density at radius 1 is 1.64 bits per heavy atom. The van der Waals surface area contributed by atoms with Crippen LogP contribution in [0.3, 0.4) is 0 Å². The molecule has 0 saturated heterocycles. The van der Waals surface area contributed by atoms with Crippen molar-refractivity contribution in [2.75, 3.05) is 13.1 Å². The molecular weight excluding hydrogens is 214 g/mol. The molecule has 1 N–H and O–H groups in total. The summed E-state index contributed by atoms with van der Waals surface area (Å²) >= 11 is 3.47. The molecule has 2 rings (SSSR count). The minimum atomic E-state index is 0.636. The third-order valence-corrected chi connectivity index (χ3v) is 3.63. The lowest BCUT2D eigenvalue weighted by Crippen LogP contribution is -2.22. The topological polar surface area (TPSA) is 37.3 Å². The number of nitrogens with one attached hydrogen (secondary N) is 1. The van der Waals surface area contributed by atoms with Gasteiger partial charge in [-0.25, -0.2) is 4.98 Å². The Labute approximate surface area is 92.0 Å². The van der Waals surface area contributed by atoms with Gasteiger partial charge in [0.05, 0.1) is 17.7 Å². The van der Waals surface area contributed by atoms with Gasteiger partial charge < -0.3 is 5.32 Å². The van der Waals surface area contributed by atoms with E-state index in [0.29, 0.717) is 5.25 Å². The van der Waals surface area contributed by atoms with Crippen LogP contribution in [-0.2, 0) is 6.42 Å². The van der Waals surface area contributed by atoms with E-state index in [-0.39, 0.29) is 0 Å². The molecule has 0 radical (unpaired) electrons. The molecular formula is C9H13N3S2. The van der Waals surface area contributed by atoms with Gasteiger partial charge in [0.1, 0.15) is 0 Å². The molecule has 5 heteroatoms. The molecule has 0 aliphatic carbocycles. The van der Waals surface area contributed by atoms with Crippen molar-refractivity contribution >= 4 is 28.3 Å². The van der Waals surface area contributed by atoms with E-state index in [1.807, 2.05) is 17.3 Å². The van der Waals surface area contributed by atoms with Crippen LogP contribution in [0.4, 0.5) is 0 Å². The van der Waals surface area contributed by atoms with Crippen molar-refractivity contribution in [3.8, 4) is 0 Å². The second kappa shape index (κ2) is 4.79. The molecule has 1 unspecified atom stereocenters. The van der Waals surface area contributed by atoms with E-state index in [4.69, 9.17) is 0 Å². The third-order valence-electron chi connectivity index (χ3n) is 1.95. The Hall–Kier alpha value is -0.550. The zero-order chi connectivity index (χ0) is 9.80. The Morgan fingerprint density at radius 2 is 2.57 bits per heavy atom. The predicted octanol–water partition coefficient (Wildman–Crippen LogP) is 1.77. The van der Waals surface area contributed by atoms with Crippen LogP contribution in [0, 0.1) is 0 Å². The van der Waals surface area contributed by atoms with Gasteiger partial charge >= 0.3 is 0 Å². The van der Waals surface area contributed by atoms with E-state index in [0.717, 1.165) is 24.7 Å². The van der Waals surface area contributed by atoms with Crippen molar-refractivity contribution in [3.05, 3.63) is 16.6 Å². The smallest absolute Gasteiger partial charge is 0.156 e. The summed E-state index contributed by atoms with van der Waals surface area (Å²) in [6, 6.07) is 0. The molecule has 1 aromatic heterocycles. The number of hydrogen-bond donors (Lipinski definition) is 1. The minimum Gasteiger partial charge on any atom is -0.365 e. The lowest BCUT2D eigenvalue weighted by Gasteiger charge is -2.03. The summed E-state index contributed by atoms with van der Waals surface area (Å²) in [5.74, 6) is 0. The molecule has 0 fully saturated rings. The maximum Gasteiger partial charge on any atom is 0.156 e. The van der Waals surface area contributed by atoms with E-state index in [2.05, 4.69) is 27.6 Å². The molecule has 0 amide bonds.